The summed E-state index contributed by atoms with van der Waals surface area (Å²) < 4.78 is 0. The topological polar surface area (TPSA) is 88.8 Å². The van der Waals surface area contributed by atoms with Gasteiger partial charge in [-0.15, -0.1) is 0 Å². The van der Waals surface area contributed by atoms with Crippen molar-refractivity contribution in [3.63, 3.8) is 0 Å². The molecule has 1 saturated heterocycles. The zero-order valence-electron chi connectivity index (χ0n) is 10.5. The Labute approximate surface area is 120 Å². The minimum absolute atomic E-state index is 0.356. The summed E-state index contributed by atoms with van der Waals surface area (Å²) in [6.07, 6.45) is 2.05. The highest BCUT2D eigenvalue weighted by atomic mass is 35.5. The van der Waals surface area contributed by atoms with Gasteiger partial charge in [-0.05, 0) is 18.2 Å². The Morgan fingerprint density at radius 3 is 3.05 bits per heavy atom. The Bertz CT molecular complexity index is 666. The van der Waals surface area contributed by atoms with Crippen molar-refractivity contribution in [1.82, 2.24) is 15.4 Å². The predicted molar refractivity (Wildman–Crippen MR) is 73.3 cm³/mol. The van der Waals surface area contributed by atoms with Crippen molar-refractivity contribution in [3.05, 3.63) is 40.7 Å². The second-order valence-electron chi connectivity index (χ2n) is 4.83. The molecule has 0 saturated carbocycles. The zero-order chi connectivity index (χ0) is 14.2. The van der Waals surface area contributed by atoms with Crippen LogP contribution in [0.15, 0.2) is 24.4 Å². The second-order valence-corrected chi connectivity index (χ2v) is 5.27. The quantitative estimate of drug-likeness (QED) is 0.873. The molecule has 1 aliphatic heterocycles. The van der Waals surface area contributed by atoms with Crippen LogP contribution in [0.3, 0.4) is 0 Å². The summed E-state index contributed by atoms with van der Waals surface area (Å²) in [5.41, 5.74) is 0.737. The maximum absolute atomic E-state index is 10.6. The lowest BCUT2D eigenvalue weighted by Gasteiger charge is -2.23. The van der Waals surface area contributed by atoms with Crippen LogP contribution in [0.2, 0.25) is 5.02 Å². The molecule has 2 aromatic rings. The number of β-amino-alcohol motifs (C(OH)–C–C–N with tert-alkyl or cyclic N) is 1. The van der Waals surface area contributed by atoms with Gasteiger partial charge in [0.15, 0.2) is 0 Å². The fraction of sp³-hybridized carbons (Fsp3) is 0.308. The van der Waals surface area contributed by atoms with E-state index in [1.165, 1.54) is 6.20 Å². The molecular weight excluding hydrogens is 278 g/mol. The van der Waals surface area contributed by atoms with Crippen molar-refractivity contribution in [3.8, 4) is 6.07 Å². The number of aromatic nitrogens is 3. The van der Waals surface area contributed by atoms with E-state index in [1.807, 2.05) is 4.90 Å². The Morgan fingerprint density at radius 2 is 2.35 bits per heavy atom. The molecule has 0 bridgehead atoms. The Morgan fingerprint density at radius 1 is 1.50 bits per heavy atom. The van der Waals surface area contributed by atoms with Crippen LogP contribution in [0.4, 0.5) is 5.69 Å². The van der Waals surface area contributed by atoms with Crippen molar-refractivity contribution in [1.29, 1.82) is 5.26 Å². The first kappa shape index (κ1) is 12.9. The van der Waals surface area contributed by atoms with E-state index in [1.54, 1.807) is 18.2 Å². The van der Waals surface area contributed by atoms with Crippen LogP contribution in [0.1, 0.15) is 17.7 Å². The summed E-state index contributed by atoms with van der Waals surface area (Å²) in [5, 5.41) is 30.6. The smallest absolute Gasteiger partial charge is 0.129 e. The van der Waals surface area contributed by atoms with E-state index in [-0.39, 0.29) is 0 Å². The number of rotatable bonds is 2. The van der Waals surface area contributed by atoms with Gasteiger partial charge < -0.3 is 10.0 Å². The van der Waals surface area contributed by atoms with Crippen LogP contribution in [0.5, 0.6) is 0 Å². The SMILES string of the molecule is N#Cc1ccc(Cl)cc1N1CCC(O)(c2cn[nH]n2)C1. The number of anilines is 1. The number of aromatic amines is 1. The molecule has 0 radical (unpaired) electrons. The van der Waals surface area contributed by atoms with E-state index < -0.39 is 5.60 Å². The highest BCUT2D eigenvalue weighted by Gasteiger charge is 2.40. The van der Waals surface area contributed by atoms with Gasteiger partial charge in [0.2, 0.25) is 0 Å². The van der Waals surface area contributed by atoms with Gasteiger partial charge in [-0.1, -0.05) is 11.6 Å². The summed E-state index contributed by atoms with van der Waals surface area (Å²) in [6.45, 7) is 0.979. The van der Waals surface area contributed by atoms with Gasteiger partial charge >= 0.3 is 0 Å². The summed E-state index contributed by atoms with van der Waals surface area (Å²) in [5.74, 6) is 0. The lowest BCUT2D eigenvalue weighted by Crippen LogP contribution is -2.31. The molecule has 1 atom stereocenters. The predicted octanol–water partition coefficient (Wildman–Crippen LogP) is 1.43. The first-order valence-corrected chi connectivity index (χ1v) is 6.53. The third-order valence-corrected chi connectivity index (χ3v) is 3.80. The van der Waals surface area contributed by atoms with Crippen LogP contribution < -0.4 is 4.90 Å². The zero-order valence-corrected chi connectivity index (χ0v) is 11.3. The molecule has 0 amide bonds. The molecule has 0 spiro atoms. The molecule has 3 rings (SSSR count). The molecule has 20 heavy (non-hydrogen) atoms. The van der Waals surface area contributed by atoms with Gasteiger partial charge in [-0.3, -0.25) is 0 Å². The van der Waals surface area contributed by atoms with Gasteiger partial charge in [0.25, 0.3) is 0 Å². The number of H-pyrrole nitrogens is 1. The molecule has 102 valence electrons. The number of nitrogens with zero attached hydrogens (tertiary/aromatic N) is 4. The van der Waals surface area contributed by atoms with Gasteiger partial charge in [0, 0.05) is 18.0 Å². The Balaban J connectivity index is 1.92. The third-order valence-electron chi connectivity index (χ3n) is 3.56. The highest BCUT2D eigenvalue weighted by molar-refractivity contribution is 6.30. The maximum Gasteiger partial charge on any atom is 0.129 e. The van der Waals surface area contributed by atoms with Crippen molar-refractivity contribution in [2.24, 2.45) is 0 Å². The lowest BCUT2D eigenvalue weighted by molar-refractivity contribution is 0.0560. The summed E-state index contributed by atoms with van der Waals surface area (Å²) in [7, 11) is 0. The number of hydrogen-bond acceptors (Lipinski definition) is 5. The molecule has 2 N–H and O–H groups in total. The molecule has 2 heterocycles. The largest absolute Gasteiger partial charge is 0.381 e. The minimum atomic E-state index is -1.05. The first-order chi connectivity index (χ1) is 9.62. The Kier molecular flexibility index (Phi) is 3.08. The molecular formula is C13H12ClN5O. The number of halogens is 1. The Hall–Kier alpha value is -2.10. The number of nitriles is 1. The fourth-order valence-corrected chi connectivity index (χ4v) is 2.66. The average Bonchev–Trinajstić information content (AvgIpc) is 3.08. The normalized spacial score (nSPS) is 21.9. The first-order valence-electron chi connectivity index (χ1n) is 6.16. The van der Waals surface area contributed by atoms with Crippen LogP contribution in [0, 0.1) is 11.3 Å². The van der Waals surface area contributed by atoms with Crippen LogP contribution in [0.25, 0.3) is 0 Å². The third kappa shape index (κ3) is 2.11. The van der Waals surface area contributed by atoms with E-state index >= 15 is 0 Å². The lowest BCUT2D eigenvalue weighted by atomic mass is 10.00. The van der Waals surface area contributed by atoms with Crippen LogP contribution in [-0.4, -0.2) is 33.6 Å². The summed E-state index contributed by atoms with van der Waals surface area (Å²) >= 11 is 6.00. The molecule has 1 aliphatic rings. The van der Waals surface area contributed by atoms with Crippen molar-refractivity contribution in [2.75, 3.05) is 18.0 Å². The van der Waals surface area contributed by atoms with E-state index in [2.05, 4.69) is 21.5 Å². The number of benzene rings is 1. The molecule has 1 fully saturated rings. The highest BCUT2D eigenvalue weighted by Crippen LogP contribution is 2.35. The van der Waals surface area contributed by atoms with Gasteiger partial charge in [-0.25, -0.2) is 0 Å². The van der Waals surface area contributed by atoms with Crippen molar-refractivity contribution >= 4 is 17.3 Å². The molecule has 6 nitrogen and oxygen atoms in total. The van der Waals surface area contributed by atoms with E-state index in [0.29, 0.717) is 35.8 Å². The molecule has 0 aliphatic carbocycles. The number of hydrogen-bond donors (Lipinski definition) is 2. The van der Waals surface area contributed by atoms with E-state index in [4.69, 9.17) is 11.6 Å². The minimum Gasteiger partial charge on any atom is -0.381 e. The maximum atomic E-state index is 10.6. The fourth-order valence-electron chi connectivity index (χ4n) is 2.50. The van der Waals surface area contributed by atoms with Crippen molar-refractivity contribution < 1.29 is 5.11 Å². The van der Waals surface area contributed by atoms with Gasteiger partial charge in [0.05, 0.1) is 24.0 Å². The molecule has 1 unspecified atom stereocenters. The second kappa shape index (κ2) is 4.78. The van der Waals surface area contributed by atoms with Gasteiger partial charge in [-0.2, -0.15) is 20.7 Å². The molecule has 7 heteroatoms. The van der Waals surface area contributed by atoms with Crippen LogP contribution in [-0.2, 0) is 5.60 Å². The van der Waals surface area contributed by atoms with Crippen molar-refractivity contribution in [2.45, 2.75) is 12.0 Å². The number of aliphatic hydroxyl groups is 1. The number of nitrogens with one attached hydrogen (secondary N) is 1. The summed E-state index contributed by atoms with van der Waals surface area (Å²) in [4.78, 5) is 1.94. The molecule has 1 aromatic heterocycles. The molecule has 1 aromatic carbocycles. The van der Waals surface area contributed by atoms with Gasteiger partial charge in [0.1, 0.15) is 17.4 Å². The van der Waals surface area contributed by atoms with E-state index in [0.717, 1.165) is 5.69 Å². The summed E-state index contributed by atoms with van der Waals surface area (Å²) in [6, 6.07) is 7.26. The monoisotopic (exact) mass is 289 g/mol. The average molecular weight is 290 g/mol. The van der Waals surface area contributed by atoms with Crippen LogP contribution >= 0.6 is 11.6 Å². The van der Waals surface area contributed by atoms with E-state index in [9.17, 15) is 10.4 Å². The standard InChI is InChI=1S/C13H12ClN5O/c14-10-2-1-9(6-15)11(5-10)19-4-3-13(20,8-19)12-7-16-18-17-12/h1-2,5,7,20H,3-4,8H2,(H,16,17,18).